The van der Waals surface area contributed by atoms with E-state index in [-0.39, 0.29) is 11.9 Å². The van der Waals surface area contributed by atoms with Gasteiger partial charge >= 0.3 is 0 Å². The van der Waals surface area contributed by atoms with Gasteiger partial charge in [-0.3, -0.25) is 4.98 Å². The molecule has 0 fully saturated rings. The fourth-order valence-corrected chi connectivity index (χ4v) is 1.92. The molecule has 2 nitrogen and oxygen atoms in total. The van der Waals surface area contributed by atoms with Crippen LogP contribution in [0.25, 0.3) is 0 Å². The van der Waals surface area contributed by atoms with E-state index in [9.17, 15) is 4.39 Å². The van der Waals surface area contributed by atoms with Crippen molar-refractivity contribution in [3.8, 4) is 0 Å². The summed E-state index contributed by atoms with van der Waals surface area (Å²) in [4.78, 5) is 4.14. The van der Waals surface area contributed by atoms with Crippen LogP contribution in [0.5, 0.6) is 0 Å². The highest BCUT2D eigenvalue weighted by molar-refractivity contribution is 5.21. The van der Waals surface area contributed by atoms with Crippen LogP contribution >= 0.6 is 0 Å². The van der Waals surface area contributed by atoms with Crippen molar-refractivity contribution in [1.29, 1.82) is 0 Å². The van der Waals surface area contributed by atoms with Crippen LogP contribution in [0.2, 0.25) is 0 Å². The molecule has 0 radical (unpaired) electrons. The third-order valence-corrected chi connectivity index (χ3v) is 2.92. The minimum atomic E-state index is -0.167. The second-order valence-electron chi connectivity index (χ2n) is 4.49. The topological polar surface area (TPSA) is 24.9 Å². The summed E-state index contributed by atoms with van der Waals surface area (Å²) in [6, 6.07) is 8.91. The van der Waals surface area contributed by atoms with Crippen LogP contribution in [0.4, 0.5) is 4.39 Å². The molecule has 94 valence electrons. The van der Waals surface area contributed by atoms with E-state index in [1.807, 2.05) is 38.4 Å². The number of nitrogens with one attached hydrogen (secondary N) is 1. The van der Waals surface area contributed by atoms with Crippen molar-refractivity contribution >= 4 is 0 Å². The summed E-state index contributed by atoms with van der Waals surface area (Å²) in [5, 5.41) is 3.30. The predicted octanol–water partition coefficient (Wildman–Crippen LogP) is 3.38. The highest BCUT2D eigenvalue weighted by atomic mass is 19.1. The Morgan fingerprint density at radius 1 is 1.28 bits per heavy atom. The summed E-state index contributed by atoms with van der Waals surface area (Å²) in [6.07, 6.45) is 3.65. The van der Waals surface area contributed by atoms with Gasteiger partial charge in [-0.15, -0.1) is 0 Å². The lowest BCUT2D eigenvalue weighted by Crippen LogP contribution is -2.19. The average Bonchev–Trinajstić information content (AvgIpc) is 2.37. The number of benzene rings is 1. The summed E-state index contributed by atoms with van der Waals surface area (Å²) in [5.41, 5.74) is 2.93. The van der Waals surface area contributed by atoms with Gasteiger partial charge in [-0.05, 0) is 31.0 Å². The molecule has 3 heteroatoms. The normalized spacial score (nSPS) is 12.4. The lowest BCUT2D eigenvalue weighted by molar-refractivity contribution is 0.528. The molecule has 0 aliphatic rings. The first-order valence-electron chi connectivity index (χ1n) is 6.05. The maximum absolute atomic E-state index is 13.6. The minimum Gasteiger partial charge on any atom is -0.306 e. The molecule has 0 bridgehead atoms. The zero-order chi connectivity index (χ0) is 13.0. The Bertz CT molecular complexity index is 525. The Morgan fingerprint density at radius 2 is 2.06 bits per heavy atom. The minimum absolute atomic E-state index is 0.0216. The van der Waals surface area contributed by atoms with Gasteiger partial charge in [-0.1, -0.05) is 24.3 Å². The molecule has 0 amide bonds. The molecule has 2 rings (SSSR count). The van der Waals surface area contributed by atoms with Gasteiger partial charge in [0, 0.05) is 30.5 Å². The first kappa shape index (κ1) is 12.7. The van der Waals surface area contributed by atoms with Crippen molar-refractivity contribution in [1.82, 2.24) is 10.3 Å². The molecule has 1 atom stereocenters. The summed E-state index contributed by atoms with van der Waals surface area (Å²) in [7, 11) is 0. The molecular formula is C15H17FN2. The van der Waals surface area contributed by atoms with Crippen LogP contribution in [0.15, 0.2) is 42.7 Å². The SMILES string of the molecule is Cc1cncc(CNC(C)c2ccccc2F)c1. The molecule has 1 aromatic carbocycles. The maximum atomic E-state index is 13.6. The maximum Gasteiger partial charge on any atom is 0.127 e. The Hall–Kier alpha value is -1.74. The largest absolute Gasteiger partial charge is 0.306 e. The van der Waals surface area contributed by atoms with E-state index >= 15 is 0 Å². The summed E-state index contributed by atoms with van der Waals surface area (Å²) in [5.74, 6) is -0.167. The lowest BCUT2D eigenvalue weighted by Gasteiger charge is -2.15. The van der Waals surface area contributed by atoms with Crippen LogP contribution in [-0.4, -0.2) is 4.98 Å². The molecule has 1 unspecified atom stereocenters. The second kappa shape index (κ2) is 5.74. The second-order valence-corrected chi connectivity index (χ2v) is 4.49. The van der Waals surface area contributed by atoms with E-state index in [1.54, 1.807) is 6.07 Å². The predicted molar refractivity (Wildman–Crippen MR) is 70.6 cm³/mol. The number of aryl methyl sites for hydroxylation is 1. The zero-order valence-corrected chi connectivity index (χ0v) is 10.7. The summed E-state index contributed by atoms with van der Waals surface area (Å²) in [6.45, 7) is 4.66. The molecular weight excluding hydrogens is 227 g/mol. The monoisotopic (exact) mass is 244 g/mol. The fourth-order valence-electron chi connectivity index (χ4n) is 1.92. The van der Waals surface area contributed by atoms with Crippen molar-refractivity contribution in [2.75, 3.05) is 0 Å². The molecule has 1 aromatic heterocycles. The average molecular weight is 244 g/mol. The third kappa shape index (κ3) is 3.14. The Morgan fingerprint density at radius 3 is 2.78 bits per heavy atom. The number of hydrogen-bond donors (Lipinski definition) is 1. The number of pyridine rings is 1. The number of nitrogens with zero attached hydrogens (tertiary/aromatic N) is 1. The van der Waals surface area contributed by atoms with E-state index in [1.165, 1.54) is 6.07 Å². The number of aromatic nitrogens is 1. The number of rotatable bonds is 4. The van der Waals surface area contributed by atoms with Crippen LogP contribution < -0.4 is 5.32 Å². The van der Waals surface area contributed by atoms with E-state index in [0.29, 0.717) is 12.1 Å². The van der Waals surface area contributed by atoms with E-state index in [4.69, 9.17) is 0 Å². The molecule has 0 aliphatic heterocycles. The molecule has 1 N–H and O–H groups in total. The highest BCUT2D eigenvalue weighted by Crippen LogP contribution is 2.16. The molecule has 0 saturated heterocycles. The molecule has 2 aromatic rings. The lowest BCUT2D eigenvalue weighted by atomic mass is 10.1. The smallest absolute Gasteiger partial charge is 0.127 e. The Kier molecular flexibility index (Phi) is 4.05. The van der Waals surface area contributed by atoms with Crippen molar-refractivity contribution in [2.45, 2.75) is 26.4 Å². The number of hydrogen-bond acceptors (Lipinski definition) is 2. The fraction of sp³-hybridized carbons (Fsp3) is 0.267. The van der Waals surface area contributed by atoms with Crippen LogP contribution in [-0.2, 0) is 6.54 Å². The van der Waals surface area contributed by atoms with Gasteiger partial charge in [0.25, 0.3) is 0 Å². The summed E-state index contributed by atoms with van der Waals surface area (Å²) < 4.78 is 13.6. The van der Waals surface area contributed by atoms with E-state index in [2.05, 4.69) is 16.4 Å². The first-order chi connectivity index (χ1) is 8.66. The van der Waals surface area contributed by atoms with Crippen molar-refractivity contribution in [3.05, 3.63) is 65.2 Å². The number of halogens is 1. The highest BCUT2D eigenvalue weighted by Gasteiger charge is 2.09. The van der Waals surface area contributed by atoms with Gasteiger partial charge in [0.05, 0.1) is 0 Å². The van der Waals surface area contributed by atoms with E-state index in [0.717, 1.165) is 11.1 Å². The third-order valence-electron chi connectivity index (χ3n) is 2.92. The van der Waals surface area contributed by atoms with Gasteiger partial charge in [-0.2, -0.15) is 0 Å². The molecule has 0 saturated carbocycles. The van der Waals surface area contributed by atoms with Gasteiger partial charge < -0.3 is 5.32 Å². The summed E-state index contributed by atoms with van der Waals surface area (Å²) >= 11 is 0. The van der Waals surface area contributed by atoms with Gasteiger partial charge in [-0.25, -0.2) is 4.39 Å². The first-order valence-corrected chi connectivity index (χ1v) is 6.05. The van der Waals surface area contributed by atoms with Gasteiger partial charge in [0.15, 0.2) is 0 Å². The van der Waals surface area contributed by atoms with Crippen LogP contribution in [0.3, 0.4) is 0 Å². The standard InChI is InChI=1S/C15H17FN2/c1-11-7-13(9-17-8-11)10-18-12(2)14-5-3-4-6-15(14)16/h3-9,12,18H,10H2,1-2H3. The van der Waals surface area contributed by atoms with Crippen molar-refractivity contribution < 1.29 is 4.39 Å². The van der Waals surface area contributed by atoms with Gasteiger partial charge in [0.2, 0.25) is 0 Å². The quantitative estimate of drug-likeness (QED) is 0.891. The van der Waals surface area contributed by atoms with Crippen molar-refractivity contribution in [3.63, 3.8) is 0 Å². The van der Waals surface area contributed by atoms with E-state index < -0.39 is 0 Å². The zero-order valence-electron chi connectivity index (χ0n) is 10.7. The molecule has 18 heavy (non-hydrogen) atoms. The molecule has 1 heterocycles. The Balaban J connectivity index is 2.00. The molecule has 0 aliphatic carbocycles. The van der Waals surface area contributed by atoms with Crippen LogP contribution in [0, 0.1) is 12.7 Å². The van der Waals surface area contributed by atoms with Gasteiger partial charge in [0.1, 0.15) is 5.82 Å². The van der Waals surface area contributed by atoms with Crippen molar-refractivity contribution in [2.24, 2.45) is 0 Å². The molecule has 0 spiro atoms. The van der Waals surface area contributed by atoms with Crippen LogP contribution in [0.1, 0.15) is 29.7 Å². The Labute approximate surface area is 107 Å².